The van der Waals surface area contributed by atoms with Crippen molar-refractivity contribution >= 4 is 34.8 Å². The number of hydrogen-bond donors (Lipinski definition) is 0. The first-order valence-electron chi connectivity index (χ1n) is 5.92. The zero-order valence-electron chi connectivity index (χ0n) is 10.5. The summed E-state index contributed by atoms with van der Waals surface area (Å²) in [6, 6.07) is 8.91. The molecule has 7 heteroatoms. The predicted octanol–water partition coefficient (Wildman–Crippen LogP) is 4.56. The van der Waals surface area contributed by atoms with Crippen molar-refractivity contribution in [2.45, 2.75) is 0 Å². The fourth-order valence-corrected chi connectivity index (χ4v) is 2.63. The van der Waals surface area contributed by atoms with Crippen molar-refractivity contribution < 1.29 is 0 Å². The van der Waals surface area contributed by atoms with Gasteiger partial charge in [0.25, 0.3) is 0 Å². The first-order chi connectivity index (χ1) is 10.2. The summed E-state index contributed by atoms with van der Waals surface area (Å²) >= 11 is 18.6. The number of hydrogen-bond acceptors (Lipinski definition) is 4. The molecule has 2 heterocycles. The molecule has 0 saturated heterocycles. The Morgan fingerprint density at radius 2 is 1.33 bits per heavy atom. The minimum atomic E-state index is 0.200. The van der Waals surface area contributed by atoms with Crippen LogP contribution in [0.5, 0.6) is 0 Å². The largest absolute Gasteiger partial charge is 0.234 e. The van der Waals surface area contributed by atoms with Crippen LogP contribution < -0.4 is 0 Å². The summed E-state index contributed by atoms with van der Waals surface area (Å²) in [7, 11) is 0. The summed E-state index contributed by atoms with van der Waals surface area (Å²) in [5.74, 6) is 0.619. The first-order valence-corrected chi connectivity index (χ1v) is 7.05. The number of benzene rings is 1. The van der Waals surface area contributed by atoms with Crippen molar-refractivity contribution in [2.24, 2.45) is 0 Å². The minimum Gasteiger partial charge on any atom is -0.234 e. The lowest BCUT2D eigenvalue weighted by atomic mass is 10.1. The van der Waals surface area contributed by atoms with Crippen LogP contribution in [0.25, 0.3) is 22.8 Å². The van der Waals surface area contributed by atoms with E-state index in [1.165, 1.54) is 0 Å². The molecule has 2 aromatic heterocycles. The molecule has 0 fully saturated rings. The molecule has 0 radical (unpaired) electrons. The fourth-order valence-electron chi connectivity index (χ4n) is 1.81. The smallest absolute Gasteiger partial charge is 0.200 e. The highest BCUT2D eigenvalue weighted by Crippen LogP contribution is 2.37. The molecule has 0 spiro atoms. The highest BCUT2D eigenvalue weighted by molar-refractivity contribution is 6.40. The van der Waals surface area contributed by atoms with Crippen molar-refractivity contribution in [1.82, 2.24) is 19.9 Å². The Morgan fingerprint density at radius 1 is 0.714 bits per heavy atom. The van der Waals surface area contributed by atoms with Crippen LogP contribution in [0.2, 0.25) is 15.3 Å². The number of nitrogens with zero attached hydrogens (tertiary/aromatic N) is 4. The maximum absolute atomic E-state index is 6.24. The molecule has 0 N–H and O–H groups in total. The Labute approximate surface area is 135 Å². The van der Waals surface area contributed by atoms with Crippen LogP contribution in [0.4, 0.5) is 0 Å². The van der Waals surface area contributed by atoms with Gasteiger partial charge in [-0.15, -0.1) is 0 Å². The maximum Gasteiger partial charge on any atom is 0.200 e. The first kappa shape index (κ1) is 14.2. The maximum atomic E-state index is 6.24. The van der Waals surface area contributed by atoms with Crippen LogP contribution in [-0.2, 0) is 0 Å². The fraction of sp³-hybridized carbons (Fsp3) is 0. The third kappa shape index (κ3) is 2.83. The van der Waals surface area contributed by atoms with Crippen LogP contribution in [0.1, 0.15) is 0 Å². The lowest BCUT2D eigenvalue weighted by Crippen LogP contribution is -1.98. The van der Waals surface area contributed by atoms with Gasteiger partial charge < -0.3 is 0 Å². The molecule has 0 amide bonds. The van der Waals surface area contributed by atoms with Gasteiger partial charge in [-0.25, -0.2) is 19.9 Å². The summed E-state index contributed by atoms with van der Waals surface area (Å²) in [6.07, 6.45) is 3.19. The zero-order valence-corrected chi connectivity index (χ0v) is 12.7. The van der Waals surface area contributed by atoms with Crippen LogP contribution in [-0.4, -0.2) is 19.9 Å². The van der Waals surface area contributed by atoms with Crippen LogP contribution in [0.3, 0.4) is 0 Å². The summed E-state index contributed by atoms with van der Waals surface area (Å²) in [6.45, 7) is 0. The van der Waals surface area contributed by atoms with Crippen molar-refractivity contribution in [3.63, 3.8) is 0 Å². The Balaban J connectivity index is 2.16. The van der Waals surface area contributed by atoms with E-state index in [2.05, 4.69) is 19.9 Å². The molecular weight excluding hydrogens is 331 g/mol. The third-order valence-electron chi connectivity index (χ3n) is 2.73. The Kier molecular flexibility index (Phi) is 4.01. The molecule has 0 bridgehead atoms. The number of rotatable bonds is 2. The summed E-state index contributed by atoms with van der Waals surface area (Å²) < 4.78 is 0. The molecule has 0 unspecified atom stereocenters. The van der Waals surface area contributed by atoms with Gasteiger partial charge >= 0.3 is 0 Å². The van der Waals surface area contributed by atoms with E-state index in [0.717, 1.165) is 0 Å². The lowest BCUT2D eigenvalue weighted by molar-refractivity contribution is 1.08. The van der Waals surface area contributed by atoms with Gasteiger partial charge in [-0.1, -0.05) is 53.0 Å². The predicted molar refractivity (Wildman–Crippen MR) is 83.5 cm³/mol. The Bertz CT molecular complexity index is 770. The van der Waals surface area contributed by atoms with E-state index in [1.54, 1.807) is 30.6 Å². The van der Waals surface area contributed by atoms with Crippen molar-refractivity contribution in [3.05, 3.63) is 58.1 Å². The van der Waals surface area contributed by atoms with E-state index in [4.69, 9.17) is 34.8 Å². The van der Waals surface area contributed by atoms with E-state index in [0.29, 0.717) is 22.0 Å². The second kappa shape index (κ2) is 5.93. The second-order valence-electron chi connectivity index (χ2n) is 4.06. The molecule has 4 nitrogen and oxygen atoms in total. The van der Waals surface area contributed by atoms with Crippen LogP contribution in [0.15, 0.2) is 42.7 Å². The summed E-state index contributed by atoms with van der Waals surface area (Å²) in [5.41, 5.74) is 1.17. The molecule has 0 aliphatic carbocycles. The Morgan fingerprint density at radius 3 is 1.95 bits per heavy atom. The van der Waals surface area contributed by atoms with Crippen LogP contribution >= 0.6 is 34.8 Å². The van der Waals surface area contributed by atoms with E-state index in [9.17, 15) is 0 Å². The average Bonchev–Trinajstić information content (AvgIpc) is 2.49. The lowest BCUT2D eigenvalue weighted by Gasteiger charge is -2.09. The van der Waals surface area contributed by atoms with Gasteiger partial charge in [-0.3, -0.25) is 0 Å². The van der Waals surface area contributed by atoms with Crippen molar-refractivity contribution in [3.8, 4) is 22.8 Å². The van der Waals surface area contributed by atoms with Gasteiger partial charge in [0.05, 0.1) is 5.56 Å². The molecule has 0 saturated carbocycles. The van der Waals surface area contributed by atoms with Gasteiger partial charge in [0.1, 0.15) is 10.3 Å². The van der Waals surface area contributed by atoms with Gasteiger partial charge in [0, 0.05) is 23.0 Å². The summed E-state index contributed by atoms with van der Waals surface area (Å²) in [4.78, 5) is 16.6. The molecule has 3 aromatic rings. The highest BCUT2D eigenvalue weighted by atomic mass is 35.5. The summed E-state index contributed by atoms with van der Waals surface area (Å²) in [5, 5.41) is 0.921. The highest BCUT2D eigenvalue weighted by Gasteiger charge is 2.17. The van der Waals surface area contributed by atoms with E-state index in [-0.39, 0.29) is 16.1 Å². The van der Waals surface area contributed by atoms with Gasteiger partial charge in [0.2, 0.25) is 5.82 Å². The molecule has 104 valence electrons. The molecular formula is C14H7Cl3N4. The quantitative estimate of drug-likeness (QED) is 0.643. The molecule has 0 atom stereocenters. The second-order valence-corrected chi connectivity index (χ2v) is 5.18. The van der Waals surface area contributed by atoms with Crippen molar-refractivity contribution in [1.29, 1.82) is 0 Å². The third-order valence-corrected chi connectivity index (χ3v) is 3.61. The number of halogens is 3. The molecule has 0 aliphatic rings. The monoisotopic (exact) mass is 336 g/mol. The minimum absolute atomic E-state index is 0.200. The van der Waals surface area contributed by atoms with Crippen LogP contribution in [0, 0.1) is 0 Å². The normalized spacial score (nSPS) is 10.6. The zero-order chi connectivity index (χ0) is 14.8. The Hall–Kier alpha value is -1.75. The standard InChI is InChI=1S/C14H7Cl3N4/c15-9-5-2-1-4-8(9)10-11(16)20-14(21-12(10)17)13-18-6-3-7-19-13/h1-7H. The topological polar surface area (TPSA) is 51.6 Å². The van der Waals surface area contributed by atoms with Crippen molar-refractivity contribution in [2.75, 3.05) is 0 Å². The van der Waals surface area contributed by atoms with E-state index in [1.807, 2.05) is 12.1 Å². The number of aromatic nitrogens is 4. The van der Waals surface area contributed by atoms with E-state index >= 15 is 0 Å². The van der Waals surface area contributed by atoms with E-state index < -0.39 is 0 Å². The molecule has 3 rings (SSSR count). The molecule has 21 heavy (non-hydrogen) atoms. The molecule has 0 aliphatic heterocycles. The van der Waals surface area contributed by atoms with Gasteiger partial charge in [-0.05, 0) is 12.1 Å². The van der Waals surface area contributed by atoms with Gasteiger partial charge in [0.15, 0.2) is 5.82 Å². The van der Waals surface area contributed by atoms with Gasteiger partial charge in [-0.2, -0.15) is 0 Å². The SMILES string of the molecule is Clc1ccccc1-c1c(Cl)nc(-c2ncccn2)nc1Cl. The molecule has 1 aromatic carbocycles. The average molecular weight is 338 g/mol.